The molecule has 0 unspecified atom stereocenters. The van der Waals surface area contributed by atoms with E-state index >= 15 is 0 Å². The molecule has 1 N–H and O–H groups in total. The third-order valence-electron chi connectivity index (χ3n) is 4.26. The number of aromatic nitrogens is 1. The van der Waals surface area contributed by atoms with E-state index in [2.05, 4.69) is 6.92 Å². The molecule has 1 aromatic heterocycles. The molecular formula is C15H21NO3. The zero-order chi connectivity index (χ0) is 14.2. The van der Waals surface area contributed by atoms with Crippen LogP contribution in [0, 0.1) is 19.8 Å². The minimum absolute atomic E-state index is 0.0699. The minimum Gasteiger partial charge on any atom is -0.478 e. The van der Waals surface area contributed by atoms with Gasteiger partial charge in [0, 0.05) is 17.8 Å². The number of aromatic carboxylic acids is 1. The molecule has 2 rings (SSSR count). The van der Waals surface area contributed by atoms with Crippen molar-refractivity contribution in [3.05, 3.63) is 33.2 Å². The molecule has 1 aromatic rings. The van der Waals surface area contributed by atoms with Gasteiger partial charge in [-0.2, -0.15) is 0 Å². The van der Waals surface area contributed by atoms with E-state index in [-0.39, 0.29) is 17.2 Å². The van der Waals surface area contributed by atoms with Crippen molar-refractivity contribution < 1.29 is 9.90 Å². The van der Waals surface area contributed by atoms with Crippen LogP contribution < -0.4 is 5.56 Å². The first-order valence-electron chi connectivity index (χ1n) is 6.87. The maximum absolute atomic E-state index is 12.2. The second kappa shape index (κ2) is 5.19. The molecule has 0 spiro atoms. The van der Waals surface area contributed by atoms with E-state index < -0.39 is 5.97 Å². The first kappa shape index (κ1) is 13.8. The normalized spacial score (nSPS) is 23.3. The third kappa shape index (κ3) is 2.57. The summed E-state index contributed by atoms with van der Waals surface area (Å²) in [6.07, 6.45) is 4.13. The molecule has 4 nitrogen and oxygen atoms in total. The Kier molecular flexibility index (Phi) is 3.78. The maximum atomic E-state index is 12.2. The highest BCUT2D eigenvalue weighted by molar-refractivity contribution is 5.90. The van der Waals surface area contributed by atoms with Gasteiger partial charge in [-0.15, -0.1) is 0 Å². The lowest BCUT2D eigenvalue weighted by molar-refractivity contribution is 0.0693. The van der Waals surface area contributed by atoms with Crippen molar-refractivity contribution in [1.82, 2.24) is 4.57 Å². The van der Waals surface area contributed by atoms with Gasteiger partial charge in [0.25, 0.3) is 5.56 Å². The van der Waals surface area contributed by atoms with Crippen LogP contribution >= 0.6 is 0 Å². The Balaban J connectivity index is 2.48. The first-order valence-corrected chi connectivity index (χ1v) is 6.87. The topological polar surface area (TPSA) is 59.3 Å². The van der Waals surface area contributed by atoms with Crippen molar-refractivity contribution in [2.75, 3.05) is 0 Å². The van der Waals surface area contributed by atoms with E-state index in [0.29, 0.717) is 17.2 Å². The van der Waals surface area contributed by atoms with Crippen LogP contribution in [0.1, 0.15) is 60.3 Å². The van der Waals surface area contributed by atoms with E-state index in [1.807, 2.05) is 0 Å². The number of hydrogen-bond donors (Lipinski definition) is 1. The Morgan fingerprint density at radius 2 is 1.84 bits per heavy atom. The van der Waals surface area contributed by atoms with Crippen molar-refractivity contribution >= 4 is 5.97 Å². The van der Waals surface area contributed by atoms with Crippen molar-refractivity contribution in [2.24, 2.45) is 5.92 Å². The van der Waals surface area contributed by atoms with Crippen LogP contribution in [-0.4, -0.2) is 15.6 Å². The maximum Gasteiger partial charge on any atom is 0.337 e. The molecule has 0 aromatic carbocycles. The largest absolute Gasteiger partial charge is 0.478 e. The molecule has 0 amide bonds. The number of pyridine rings is 1. The van der Waals surface area contributed by atoms with Crippen LogP contribution in [0.15, 0.2) is 10.9 Å². The van der Waals surface area contributed by atoms with Gasteiger partial charge in [0.1, 0.15) is 0 Å². The van der Waals surface area contributed by atoms with Gasteiger partial charge in [-0.3, -0.25) is 4.79 Å². The Hall–Kier alpha value is -1.58. The number of carboxylic acids is 1. The molecule has 19 heavy (non-hydrogen) atoms. The predicted octanol–water partition coefficient (Wildman–Crippen LogP) is 2.91. The molecule has 1 aliphatic carbocycles. The zero-order valence-corrected chi connectivity index (χ0v) is 11.8. The average Bonchev–Trinajstić information content (AvgIpc) is 2.30. The lowest BCUT2D eigenvalue weighted by Crippen LogP contribution is -2.31. The molecule has 4 heteroatoms. The van der Waals surface area contributed by atoms with E-state index in [1.165, 1.54) is 6.07 Å². The van der Waals surface area contributed by atoms with Crippen molar-refractivity contribution in [3.63, 3.8) is 0 Å². The van der Waals surface area contributed by atoms with Gasteiger partial charge in [0.2, 0.25) is 0 Å². The third-order valence-corrected chi connectivity index (χ3v) is 4.26. The summed E-state index contributed by atoms with van der Waals surface area (Å²) in [4.78, 5) is 23.5. The fourth-order valence-electron chi connectivity index (χ4n) is 3.18. The van der Waals surface area contributed by atoms with Crippen LogP contribution in [0.2, 0.25) is 0 Å². The Bertz CT molecular complexity index is 551. The number of carboxylic acid groups (broad SMARTS) is 1. The molecule has 0 atom stereocenters. The summed E-state index contributed by atoms with van der Waals surface area (Å²) in [6.45, 7) is 5.66. The second-order valence-electron chi connectivity index (χ2n) is 5.71. The highest BCUT2D eigenvalue weighted by atomic mass is 16.4. The number of aryl methyl sites for hydroxylation is 1. The quantitative estimate of drug-likeness (QED) is 0.892. The van der Waals surface area contributed by atoms with E-state index in [1.54, 1.807) is 18.4 Å². The summed E-state index contributed by atoms with van der Waals surface area (Å²) in [6, 6.07) is 1.61. The zero-order valence-electron chi connectivity index (χ0n) is 11.8. The average molecular weight is 263 g/mol. The summed E-state index contributed by atoms with van der Waals surface area (Å²) >= 11 is 0. The van der Waals surface area contributed by atoms with E-state index in [4.69, 9.17) is 0 Å². The summed E-state index contributed by atoms with van der Waals surface area (Å²) in [5.41, 5.74) is 1.35. The van der Waals surface area contributed by atoms with Gasteiger partial charge in [0.15, 0.2) is 0 Å². The summed E-state index contributed by atoms with van der Waals surface area (Å²) < 4.78 is 1.70. The SMILES string of the molecule is Cc1cc(=O)n(C2CCC(C)CC2)c(C)c1C(=O)O. The molecule has 0 bridgehead atoms. The first-order chi connectivity index (χ1) is 8.91. The minimum atomic E-state index is -0.951. The Morgan fingerprint density at radius 1 is 1.26 bits per heavy atom. The number of carbonyl (C=O) groups is 1. The molecule has 0 radical (unpaired) electrons. The summed E-state index contributed by atoms with van der Waals surface area (Å²) in [7, 11) is 0. The molecule has 1 aliphatic rings. The van der Waals surface area contributed by atoms with Crippen LogP contribution in [0.4, 0.5) is 0 Å². The van der Waals surface area contributed by atoms with Gasteiger partial charge in [-0.1, -0.05) is 6.92 Å². The molecule has 104 valence electrons. The van der Waals surface area contributed by atoms with Crippen LogP contribution in [-0.2, 0) is 0 Å². The van der Waals surface area contributed by atoms with Gasteiger partial charge in [0.05, 0.1) is 5.56 Å². The standard InChI is InChI=1S/C15H21NO3/c1-9-4-6-12(7-5-9)16-11(3)14(15(18)19)10(2)8-13(16)17/h8-9,12H,4-7H2,1-3H3,(H,18,19). The molecule has 0 saturated heterocycles. The molecule has 0 aliphatic heterocycles. The molecular weight excluding hydrogens is 242 g/mol. The van der Waals surface area contributed by atoms with Crippen molar-refractivity contribution in [1.29, 1.82) is 0 Å². The van der Waals surface area contributed by atoms with Crippen molar-refractivity contribution in [3.8, 4) is 0 Å². The van der Waals surface area contributed by atoms with Gasteiger partial charge in [-0.05, 0) is 51.0 Å². The lowest BCUT2D eigenvalue weighted by Gasteiger charge is -2.29. The van der Waals surface area contributed by atoms with Gasteiger partial charge >= 0.3 is 5.97 Å². The fraction of sp³-hybridized carbons (Fsp3) is 0.600. The Labute approximate surface area is 113 Å². The number of nitrogens with zero attached hydrogens (tertiary/aromatic N) is 1. The predicted molar refractivity (Wildman–Crippen MR) is 73.8 cm³/mol. The van der Waals surface area contributed by atoms with Crippen LogP contribution in [0.3, 0.4) is 0 Å². The van der Waals surface area contributed by atoms with E-state index in [0.717, 1.165) is 25.7 Å². The fourth-order valence-corrected chi connectivity index (χ4v) is 3.18. The lowest BCUT2D eigenvalue weighted by atomic mass is 9.87. The monoisotopic (exact) mass is 263 g/mol. The van der Waals surface area contributed by atoms with Crippen LogP contribution in [0.25, 0.3) is 0 Å². The molecule has 1 saturated carbocycles. The number of rotatable bonds is 2. The second-order valence-corrected chi connectivity index (χ2v) is 5.71. The van der Waals surface area contributed by atoms with Crippen LogP contribution in [0.5, 0.6) is 0 Å². The van der Waals surface area contributed by atoms with Gasteiger partial charge < -0.3 is 9.67 Å². The smallest absolute Gasteiger partial charge is 0.337 e. The van der Waals surface area contributed by atoms with E-state index in [9.17, 15) is 14.7 Å². The summed E-state index contributed by atoms with van der Waals surface area (Å²) in [5, 5.41) is 9.29. The highest BCUT2D eigenvalue weighted by Crippen LogP contribution is 2.32. The highest BCUT2D eigenvalue weighted by Gasteiger charge is 2.24. The Morgan fingerprint density at radius 3 is 2.37 bits per heavy atom. The molecule has 1 heterocycles. The van der Waals surface area contributed by atoms with Crippen molar-refractivity contribution in [2.45, 2.75) is 52.5 Å². The number of hydrogen-bond acceptors (Lipinski definition) is 2. The summed E-state index contributed by atoms with van der Waals surface area (Å²) in [5.74, 6) is -0.246. The molecule has 1 fully saturated rings. The van der Waals surface area contributed by atoms with Gasteiger partial charge in [-0.25, -0.2) is 4.79 Å².